The molecule has 0 atom stereocenters. The van der Waals surface area contributed by atoms with E-state index < -0.39 is 0 Å². The molecular formula is C15H24N4S. The monoisotopic (exact) mass is 292 g/mol. The summed E-state index contributed by atoms with van der Waals surface area (Å²) in [5.74, 6) is 2.12. The maximum atomic E-state index is 4.85. The SMILES string of the molecule is CCCC1CCN(c2nc3sccn3c2CNC)CC1. The van der Waals surface area contributed by atoms with Crippen molar-refractivity contribution >= 4 is 22.1 Å². The summed E-state index contributed by atoms with van der Waals surface area (Å²) in [6.45, 7) is 5.49. The molecule has 0 spiro atoms. The molecule has 2 aromatic rings. The van der Waals surface area contributed by atoms with Gasteiger partial charge in [-0.2, -0.15) is 0 Å². The van der Waals surface area contributed by atoms with Crippen molar-refractivity contribution in [1.82, 2.24) is 14.7 Å². The molecule has 1 fully saturated rings. The van der Waals surface area contributed by atoms with E-state index in [9.17, 15) is 0 Å². The lowest BCUT2D eigenvalue weighted by Gasteiger charge is -2.32. The molecule has 0 aromatic carbocycles. The van der Waals surface area contributed by atoms with E-state index in [-0.39, 0.29) is 0 Å². The van der Waals surface area contributed by atoms with E-state index in [2.05, 4.69) is 33.1 Å². The van der Waals surface area contributed by atoms with Crippen molar-refractivity contribution < 1.29 is 0 Å². The summed E-state index contributed by atoms with van der Waals surface area (Å²) >= 11 is 1.72. The van der Waals surface area contributed by atoms with Crippen LogP contribution in [0.15, 0.2) is 11.6 Å². The first-order valence-corrected chi connectivity index (χ1v) is 8.55. The first-order chi connectivity index (χ1) is 9.83. The molecule has 1 aliphatic rings. The second-order valence-electron chi connectivity index (χ2n) is 5.69. The van der Waals surface area contributed by atoms with Crippen LogP contribution in [0.2, 0.25) is 0 Å². The molecule has 0 radical (unpaired) electrons. The minimum absolute atomic E-state index is 0.877. The van der Waals surface area contributed by atoms with E-state index in [1.807, 2.05) is 7.05 Å². The number of nitrogens with one attached hydrogen (secondary N) is 1. The summed E-state index contributed by atoms with van der Waals surface area (Å²) in [7, 11) is 2.00. The quantitative estimate of drug-likeness (QED) is 0.919. The summed E-state index contributed by atoms with van der Waals surface area (Å²) in [4.78, 5) is 8.45. The number of aromatic nitrogens is 2. The van der Waals surface area contributed by atoms with E-state index in [0.717, 1.165) is 30.5 Å². The lowest BCUT2D eigenvalue weighted by molar-refractivity contribution is 0.377. The van der Waals surface area contributed by atoms with Gasteiger partial charge in [0.15, 0.2) is 10.8 Å². The Balaban J connectivity index is 1.80. The molecule has 0 amide bonds. The van der Waals surface area contributed by atoms with E-state index in [4.69, 9.17) is 4.98 Å². The van der Waals surface area contributed by atoms with Gasteiger partial charge in [-0.25, -0.2) is 4.98 Å². The molecule has 3 rings (SSSR count). The van der Waals surface area contributed by atoms with Gasteiger partial charge in [-0.3, -0.25) is 4.40 Å². The van der Waals surface area contributed by atoms with Gasteiger partial charge in [-0.05, 0) is 25.8 Å². The summed E-state index contributed by atoms with van der Waals surface area (Å²) in [5.41, 5.74) is 1.30. The van der Waals surface area contributed by atoms with Gasteiger partial charge in [0.25, 0.3) is 0 Å². The second kappa shape index (κ2) is 6.14. The van der Waals surface area contributed by atoms with Crippen molar-refractivity contribution in [1.29, 1.82) is 0 Å². The summed E-state index contributed by atoms with van der Waals surface area (Å²) < 4.78 is 2.23. The first-order valence-electron chi connectivity index (χ1n) is 7.67. The van der Waals surface area contributed by atoms with Crippen LogP contribution >= 0.6 is 11.3 Å². The molecular weight excluding hydrogens is 268 g/mol. The number of hydrogen-bond acceptors (Lipinski definition) is 4. The number of piperidine rings is 1. The van der Waals surface area contributed by atoms with E-state index >= 15 is 0 Å². The van der Waals surface area contributed by atoms with Crippen molar-refractivity contribution in [2.24, 2.45) is 5.92 Å². The van der Waals surface area contributed by atoms with Crippen LogP contribution in [0.25, 0.3) is 4.96 Å². The number of hydrogen-bond donors (Lipinski definition) is 1. The van der Waals surface area contributed by atoms with Crippen LogP contribution in [0.5, 0.6) is 0 Å². The molecule has 5 heteroatoms. The zero-order valence-electron chi connectivity index (χ0n) is 12.4. The van der Waals surface area contributed by atoms with Gasteiger partial charge in [0.1, 0.15) is 0 Å². The largest absolute Gasteiger partial charge is 0.355 e. The van der Waals surface area contributed by atoms with Crippen LogP contribution in [0.3, 0.4) is 0 Å². The van der Waals surface area contributed by atoms with Gasteiger partial charge in [0.2, 0.25) is 0 Å². The highest BCUT2D eigenvalue weighted by molar-refractivity contribution is 7.15. The Labute approximate surface area is 124 Å². The van der Waals surface area contributed by atoms with Crippen molar-refractivity contribution in [3.8, 4) is 0 Å². The fraction of sp³-hybridized carbons (Fsp3) is 0.667. The van der Waals surface area contributed by atoms with Crippen LogP contribution in [0.1, 0.15) is 38.3 Å². The third-order valence-corrected chi connectivity index (χ3v) is 5.05. The Morgan fingerprint density at radius 1 is 1.40 bits per heavy atom. The van der Waals surface area contributed by atoms with Crippen LogP contribution in [0.4, 0.5) is 5.82 Å². The van der Waals surface area contributed by atoms with Crippen molar-refractivity contribution in [2.45, 2.75) is 39.2 Å². The number of imidazole rings is 1. The second-order valence-corrected chi connectivity index (χ2v) is 6.56. The average Bonchev–Trinajstić information content (AvgIpc) is 3.03. The number of fused-ring (bicyclic) bond motifs is 1. The predicted molar refractivity (Wildman–Crippen MR) is 85.7 cm³/mol. The minimum atomic E-state index is 0.877. The van der Waals surface area contributed by atoms with Gasteiger partial charge in [-0.15, -0.1) is 11.3 Å². The maximum Gasteiger partial charge on any atom is 0.195 e. The molecule has 4 nitrogen and oxygen atoms in total. The standard InChI is InChI=1S/C15H24N4S/c1-3-4-12-5-7-18(8-6-12)14-13(11-16-2)19-9-10-20-15(19)17-14/h9-10,12,16H,3-8,11H2,1-2H3. The van der Waals surface area contributed by atoms with Gasteiger partial charge >= 0.3 is 0 Å². The molecule has 0 bridgehead atoms. The van der Waals surface area contributed by atoms with Crippen molar-refractivity contribution in [2.75, 3.05) is 25.0 Å². The molecule has 0 saturated carbocycles. The Bertz CT molecular complexity index is 551. The third kappa shape index (κ3) is 2.56. The fourth-order valence-electron chi connectivity index (χ4n) is 3.25. The van der Waals surface area contributed by atoms with Gasteiger partial charge in [-0.1, -0.05) is 19.8 Å². The van der Waals surface area contributed by atoms with Crippen LogP contribution in [-0.4, -0.2) is 29.5 Å². The molecule has 1 saturated heterocycles. The molecule has 110 valence electrons. The number of thiazole rings is 1. The van der Waals surface area contributed by atoms with Crippen LogP contribution in [-0.2, 0) is 6.54 Å². The smallest absolute Gasteiger partial charge is 0.195 e. The zero-order valence-corrected chi connectivity index (χ0v) is 13.2. The lowest BCUT2D eigenvalue weighted by atomic mass is 9.92. The Hall–Kier alpha value is -1.07. The first kappa shape index (κ1) is 13.9. The van der Waals surface area contributed by atoms with Crippen molar-refractivity contribution in [3.05, 3.63) is 17.3 Å². The summed E-state index contributed by atoms with van der Waals surface area (Å²) in [5, 5.41) is 5.39. The topological polar surface area (TPSA) is 32.6 Å². The molecule has 1 aliphatic heterocycles. The third-order valence-electron chi connectivity index (χ3n) is 4.30. The van der Waals surface area contributed by atoms with Crippen molar-refractivity contribution in [3.63, 3.8) is 0 Å². The lowest BCUT2D eigenvalue weighted by Crippen LogP contribution is -2.34. The normalized spacial score (nSPS) is 17.2. The number of rotatable bonds is 5. The minimum Gasteiger partial charge on any atom is -0.355 e. The Morgan fingerprint density at radius 2 is 2.20 bits per heavy atom. The summed E-state index contributed by atoms with van der Waals surface area (Å²) in [6.07, 6.45) is 7.47. The Kier molecular flexibility index (Phi) is 4.27. The van der Waals surface area contributed by atoms with Gasteiger partial charge in [0.05, 0.1) is 5.69 Å². The molecule has 3 heterocycles. The molecule has 0 aliphatic carbocycles. The average molecular weight is 292 g/mol. The fourth-order valence-corrected chi connectivity index (χ4v) is 3.98. The summed E-state index contributed by atoms with van der Waals surface area (Å²) in [6, 6.07) is 0. The molecule has 1 N–H and O–H groups in total. The van der Waals surface area contributed by atoms with Crippen LogP contribution < -0.4 is 10.2 Å². The van der Waals surface area contributed by atoms with Gasteiger partial charge in [0, 0.05) is 31.2 Å². The van der Waals surface area contributed by atoms with E-state index in [1.165, 1.54) is 37.2 Å². The molecule has 2 aromatic heterocycles. The van der Waals surface area contributed by atoms with E-state index in [0.29, 0.717) is 0 Å². The maximum absolute atomic E-state index is 4.85. The predicted octanol–water partition coefficient (Wildman–Crippen LogP) is 3.13. The molecule has 0 unspecified atom stereocenters. The highest BCUT2D eigenvalue weighted by atomic mass is 32.1. The van der Waals surface area contributed by atoms with Gasteiger partial charge < -0.3 is 10.2 Å². The Morgan fingerprint density at radius 3 is 2.90 bits per heavy atom. The highest BCUT2D eigenvalue weighted by Gasteiger charge is 2.23. The zero-order chi connectivity index (χ0) is 13.9. The molecule has 20 heavy (non-hydrogen) atoms. The number of anilines is 1. The van der Waals surface area contributed by atoms with Crippen LogP contribution in [0, 0.1) is 5.92 Å². The van der Waals surface area contributed by atoms with E-state index in [1.54, 1.807) is 11.3 Å². The highest BCUT2D eigenvalue weighted by Crippen LogP contribution is 2.29. The number of nitrogens with zero attached hydrogens (tertiary/aromatic N) is 3.